The number of nitrogens with zero attached hydrogens (tertiary/aromatic N) is 2. The van der Waals surface area contributed by atoms with Crippen molar-refractivity contribution in [1.82, 2.24) is 10.2 Å². The molecule has 0 heterocycles. The summed E-state index contributed by atoms with van der Waals surface area (Å²) in [6.07, 6.45) is 1.79. The molecule has 0 saturated carbocycles. The second kappa shape index (κ2) is 13.7. The van der Waals surface area contributed by atoms with Crippen molar-refractivity contribution in [3.05, 3.63) is 58.1 Å². The smallest absolute Gasteiger partial charge is 0.242 e. The maximum atomic E-state index is 13.4. The first-order chi connectivity index (χ1) is 17.0. The van der Waals surface area contributed by atoms with Gasteiger partial charge in [-0.1, -0.05) is 48.3 Å². The molecule has 0 aliphatic rings. The fourth-order valence-electron chi connectivity index (χ4n) is 3.84. The predicted molar refractivity (Wildman–Crippen MR) is 144 cm³/mol. The van der Waals surface area contributed by atoms with Gasteiger partial charge in [-0.3, -0.25) is 13.9 Å². The molecule has 198 valence electrons. The summed E-state index contributed by atoms with van der Waals surface area (Å²) in [6.45, 7) is 4.32. The van der Waals surface area contributed by atoms with E-state index in [1.165, 1.54) is 22.4 Å². The Morgan fingerprint density at radius 3 is 2.33 bits per heavy atom. The lowest BCUT2D eigenvalue weighted by Gasteiger charge is -2.31. The molecule has 1 N–H and O–H groups in total. The Bertz CT molecular complexity index is 1160. The molecule has 0 aliphatic heterocycles. The lowest BCUT2D eigenvalue weighted by Crippen LogP contribution is -2.49. The second-order valence-corrected chi connectivity index (χ2v) is 10.9. The van der Waals surface area contributed by atoms with Crippen LogP contribution in [0, 0.1) is 0 Å². The van der Waals surface area contributed by atoms with E-state index in [2.05, 4.69) is 5.32 Å². The number of hydrogen-bond acceptors (Lipinski definition) is 5. The van der Waals surface area contributed by atoms with E-state index >= 15 is 0 Å². The van der Waals surface area contributed by atoms with E-state index in [0.29, 0.717) is 29.4 Å². The van der Waals surface area contributed by atoms with Crippen molar-refractivity contribution >= 4 is 50.7 Å². The zero-order chi connectivity index (χ0) is 26.9. The minimum Gasteiger partial charge on any atom is -0.495 e. The average Bonchev–Trinajstić information content (AvgIpc) is 2.82. The van der Waals surface area contributed by atoms with Gasteiger partial charge in [-0.15, -0.1) is 0 Å². The Morgan fingerprint density at radius 2 is 1.78 bits per heavy atom. The summed E-state index contributed by atoms with van der Waals surface area (Å²) in [6, 6.07) is 11.2. The second-order valence-electron chi connectivity index (χ2n) is 8.19. The number of carbonyl (C=O) groups excluding carboxylic acids is 2. The van der Waals surface area contributed by atoms with Crippen LogP contribution in [0.15, 0.2) is 42.5 Å². The Morgan fingerprint density at radius 1 is 1.08 bits per heavy atom. The Hall–Kier alpha value is -2.49. The standard InChI is InChI=1S/C25H33Cl2N3O5S/c1-5-22(25(32)28-6-2)29(17-18-10-7-8-11-20(18)26)24(31)12-9-15-30(36(4,33)34)19-13-14-23(35-3)21(27)16-19/h7-8,10-11,13-14,16,22H,5-6,9,12,15,17H2,1-4H3,(H,28,32). The number of hydrogen-bond donors (Lipinski definition) is 1. The first kappa shape index (κ1) is 29.7. The molecule has 2 aromatic carbocycles. The lowest BCUT2D eigenvalue weighted by atomic mass is 10.1. The van der Waals surface area contributed by atoms with Gasteiger partial charge in [0.05, 0.1) is 24.1 Å². The van der Waals surface area contributed by atoms with E-state index in [-0.39, 0.29) is 42.8 Å². The number of benzene rings is 2. The average molecular weight is 559 g/mol. The number of sulfonamides is 1. The van der Waals surface area contributed by atoms with Crippen LogP contribution in [0.3, 0.4) is 0 Å². The molecule has 0 spiro atoms. The summed E-state index contributed by atoms with van der Waals surface area (Å²) in [4.78, 5) is 27.6. The van der Waals surface area contributed by atoms with Gasteiger partial charge in [0.1, 0.15) is 11.8 Å². The van der Waals surface area contributed by atoms with E-state index in [9.17, 15) is 18.0 Å². The van der Waals surface area contributed by atoms with Gasteiger partial charge in [0, 0.05) is 31.1 Å². The molecule has 2 aromatic rings. The van der Waals surface area contributed by atoms with Gasteiger partial charge in [-0.2, -0.15) is 0 Å². The molecule has 36 heavy (non-hydrogen) atoms. The van der Waals surface area contributed by atoms with E-state index < -0.39 is 16.1 Å². The molecule has 0 radical (unpaired) electrons. The van der Waals surface area contributed by atoms with Gasteiger partial charge in [-0.05, 0) is 49.6 Å². The van der Waals surface area contributed by atoms with Crippen LogP contribution in [-0.2, 0) is 26.2 Å². The van der Waals surface area contributed by atoms with Crippen LogP contribution in [-0.4, -0.2) is 57.6 Å². The molecule has 0 bridgehead atoms. The fraction of sp³-hybridized carbons (Fsp3) is 0.440. The van der Waals surface area contributed by atoms with E-state index in [1.54, 1.807) is 24.3 Å². The molecule has 2 amide bonds. The topological polar surface area (TPSA) is 96.0 Å². The third-order valence-corrected chi connectivity index (χ3v) is 7.47. The minimum atomic E-state index is -3.64. The zero-order valence-corrected chi connectivity index (χ0v) is 23.3. The number of nitrogens with one attached hydrogen (secondary N) is 1. The van der Waals surface area contributed by atoms with Crippen molar-refractivity contribution in [1.29, 1.82) is 0 Å². The van der Waals surface area contributed by atoms with Crippen LogP contribution < -0.4 is 14.4 Å². The first-order valence-corrected chi connectivity index (χ1v) is 14.3. The highest BCUT2D eigenvalue weighted by molar-refractivity contribution is 7.92. The maximum Gasteiger partial charge on any atom is 0.242 e. The molecule has 8 nitrogen and oxygen atoms in total. The maximum absolute atomic E-state index is 13.4. The van der Waals surface area contributed by atoms with E-state index in [0.717, 1.165) is 11.8 Å². The fourth-order valence-corrected chi connectivity index (χ4v) is 5.24. The van der Waals surface area contributed by atoms with Crippen LogP contribution in [0.5, 0.6) is 5.75 Å². The van der Waals surface area contributed by atoms with Gasteiger partial charge >= 0.3 is 0 Å². The van der Waals surface area contributed by atoms with Gasteiger partial charge in [0.15, 0.2) is 0 Å². The quantitative estimate of drug-likeness (QED) is 0.391. The zero-order valence-electron chi connectivity index (χ0n) is 21.0. The van der Waals surface area contributed by atoms with Crippen LogP contribution in [0.4, 0.5) is 5.69 Å². The van der Waals surface area contributed by atoms with Crippen molar-refractivity contribution in [2.75, 3.05) is 30.8 Å². The molecule has 2 rings (SSSR count). The largest absolute Gasteiger partial charge is 0.495 e. The number of carbonyl (C=O) groups is 2. The number of amides is 2. The molecule has 0 aliphatic carbocycles. The van der Waals surface area contributed by atoms with Gasteiger partial charge in [0.2, 0.25) is 21.8 Å². The van der Waals surface area contributed by atoms with Gasteiger partial charge in [0.25, 0.3) is 0 Å². The number of rotatable bonds is 13. The summed E-state index contributed by atoms with van der Waals surface area (Å²) in [5.41, 5.74) is 1.10. The summed E-state index contributed by atoms with van der Waals surface area (Å²) in [7, 11) is -2.17. The van der Waals surface area contributed by atoms with Crippen LogP contribution in [0.25, 0.3) is 0 Å². The number of methoxy groups -OCH3 is 1. The van der Waals surface area contributed by atoms with Crippen LogP contribution >= 0.6 is 23.2 Å². The SMILES string of the molecule is CCNC(=O)C(CC)N(Cc1ccccc1Cl)C(=O)CCCN(c1ccc(OC)c(Cl)c1)S(C)(=O)=O. The van der Waals surface area contributed by atoms with Gasteiger partial charge < -0.3 is 15.0 Å². The number of anilines is 1. The molecule has 0 aromatic heterocycles. The molecular formula is C25H33Cl2N3O5S. The van der Waals surface area contributed by atoms with Crippen LogP contribution in [0.1, 0.15) is 38.7 Å². The molecule has 1 unspecified atom stereocenters. The Labute approximate surface area is 223 Å². The molecule has 11 heteroatoms. The highest BCUT2D eigenvalue weighted by atomic mass is 35.5. The molecule has 1 atom stereocenters. The number of halogens is 2. The molecular weight excluding hydrogens is 525 g/mol. The summed E-state index contributed by atoms with van der Waals surface area (Å²) < 4.78 is 31.3. The van der Waals surface area contributed by atoms with E-state index in [1.807, 2.05) is 26.0 Å². The lowest BCUT2D eigenvalue weighted by molar-refractivity contribution is -0.141. The highest BCUT2D eigenvalue weighted by Crippen LogP contribution is 2.30. The normalized spacial score (nSPS) is 12.1. The third kappa shape index (κ3) is 8.01. The van der Waals surface area contributed by atoms with Crippen LogP contribution in [0.2, 0.25) is 10.0 Å². The van der Waals surface area contributed by atoms with Crippen molar-refractivity contribution in [3.8, 4) is 5.75 Å². The monoisotopic (exact) mass is 557 g/mol. The third-order valence-electron chi connectivity index (χ3n) is 5.61. The number of ether oxygens (including phenoxy) is 1. The van der Waals surface area contributed by atoms with Crippen molar-refractivity contribution in [2.24, 2.45) is 0 Å². The minimum absolute atomic E-state index is 0.0380. The van der Waals surface area contributed by atoms with Crippen molar-refractivity contribution < 1.29 is 22.7 Å². The first-order valence-electron chi connectivity index (χ1n) is 11.6. The highest BCUT2D eigenvalue weighted by Gasteiger charge is 2.29. The Kier molecular flexibility index (Phi) is 11.3. The Balaban J connectivity index is 2.23. The van der Waals surface area contributed by atoms with E-state index in [4.69, 9.17) is 27.9 Å². The molecule has 0 fully saturated rings. The van der Waals surface area contributed by atoms with Gasteiger partial charge in [-0.25, -0.2) is 8.42 Å². The number of likely N-dealkylation sites (N-methyl/N-ethyl adjacent to an activating group) is 1. The summed E-state index contributed by atoms with van der Waals surface area (Å²) in [5, 5.41) is 3.56. The van der Waals surface area contributed by atoms with Crippen molar-refractivity contribution in [2.45, 2.75) is 45.7 Å². The molecule has 0 saturated heterocycles. The predicted octanol–water partition coefficient (Wildman–Crippen LogP) is 4.49. The van der Waals surface area contributed by atoms with Crippen molar-refractivity contribution in [3.63, 3.8) is 0 Å². The summed E-state index contributed by atoms with van der Waals surface area (Å²) >= 11 is 12.5. The summed E-state index contributed by atoms with van der Waals surface area (Å²) in [5.74, 6) is -0.0875.